The van der Waals surface area contributed by atoms with Gasteiger partial charge < -0.3 is 10.2 Å². The molecule has 2 aliphatic heterocycles. The van der Waals surface area contributed by atoms with Gasteiger partial charge in [0.1, 0.15) is 0 Å². The minimum atomic E-state index is -0.0185. The minimum absolute atomic E-state index is 0.0185. The second-order valence-corrected chi connectivity index (χ2v) is 7.00. The fourth-order valence-corrected chi connectivity index (χ4v) is 4.22. The fraction of sp³-hybridized carbons (Fsp3) is 0.800. The van der Waals surface area contributed by atoms with E-state index in [4.69, 9.17) is 0 Å². The van der Waals surface area contributed by atoms with Gasteiger partial charge in [0, 0.05) is 17.5 Å². The average Bonchev–Trinajstić information content (AvgIpc) is 2.74. The molecule has 0 bridgehead atoms. The highest BCUT2D eigenvalue weighted by atomic mass is 32.2. The largest absolute Gasteiger partial charge is 0.314 e. The van der Waals surface area contributed by atoms with Crippen LogP contribution in [0, 0.1) is 0 Å². The van der Waals surface area contributed by atoms with Gasteiger partial charge in [0.2, 0.25) is 5.91 Å². The van der Waals surface area contributed by atoms with Gasteiger partial charge in [-0.25, -0.2) is 0 Å². The molecule has 2 fully saturated rings. The van der Waals surface area contributed by atoms with Crippen LogP contribution in [0.5, 0.6) is 0 Å². The number of thioether (sulfide) groups is 1. The highest BCUT2D eigenvalue weighted by Gasteiger charge is 2.29. The van der Waals surface area contributed by atoms with Crippen molar-refractivity contribution in [3.8, 4) is 0 Å². The first-order chi connectivity index (χ1) is 9.22. The second-order valence-electron chi connectivity index (χ2n) is 5.59. The number of likely N-dealkylation sites (tertiary alicyclic amines) is 1. The molecule has 0 aromatic heterocycles. The Bertz CT molecular complexity index is 324. The Kier molecular flexibility index (Phi) is 5.76. The molecule has 0 radical (unpaired) electrons. The normalized spacial score (nSPS) is 30.1. The summed E-state index contributed by atoms with van der Waals surface area (Å²) in [6.45, 7) is 4.99. The van der Waals surface area contributed by atoms with Crippen LogP contribution in [0.25, 0.3) is 0 Å². The van der Waals surface area contributed by atoms with Crippen molar-refractivity contribution in [1.29, 1.82) is 0 Å². The Morgan fingerprint density at radius 1 is 1.32 bits per heavy atom. The Morgan fingerprint density at radius 2 is 2.16 bits per heavy atom. The van der Waals surface area contributed by atoms with E-state index in [0.717, 1.165) is 31.5 Å². The van der Waals surface area contributed by atoms with Crippen molar-refractivity contribution in [3.63, 3.8) is 0 Å². The predicted octanol–water partition coefficient (Wildman–Crippen LogP) is 2.78. The van der Waals surface area contributed by atoms with Crippen LogP contribution < -0.4 is 5.32 Å². The summed E-state index contributed by atoms with van der Waals surface area (Å²) in [7, 11) is 1.88. The SMILES string of the molecule is C=C1CCCC(NC)C(=O)N1CC1CCCCCS1. The van der Waals surface area contributed by atoms with Gasteiger partial charge in [0.25, 0.3) is 0 Å². The summed E-state index contributed by atoms with van der Waals surface area (Å²) in [5.41, 5.74) is 1.02. The number of carbonyl (C=O) groups excluding carboxylic acids is 1. The molecule has 2 heterocycles. The molecule has 1 N–H and O–H groups in total. The van der Waals surface area contributed by atoms with Gasteiger partial charge in [-0.05, 0) is 44.9 Å². The lowest BCUT2D eigenvalue weighted by Crippen LogP contribution is -2.45. The maximum atomic E-state index is 12.5. The third kappa shape index (κ3) is 3.99. The van der Waals surface area contributed by atoms with E-state index in [9.17, 15) is 4.79 Å². The molecule has 2 rings (SSSR count). The smallest absolute Gasteiger partial charge is 0.243 e. The quantitative estimate of drug-likeness (QED) is 0.864. The van der Waals surface area contributed by atoms with Crippen molar-refractivity contribution in [3.05, 3.63) is 12.3 Å². The average molecular weight is 282 g/mol. The number of hydrogen-bond acceptors (Lipinski definition) is 3. The highest BCUT2D eigenvalue weighted by molar-refractivity contribution is 7.99. The Hall–Kier alpha value is -0.480. The van der Waals surface area contributed by atoms with Crippen LogP contribution in [0.3, 0.4) is 0 Å². The molecule has 3 nitrogen and oxygen atoms in total. The van der Waals surface area contributed by atoms with Crippen molar-refractivity contribution in [2.24, 2.45) is 0 Å². The van der Waals surface area contributed by atoms with Crippen molar-refractivity contribution in [2.45, 2.75) is 56.2 Å². The molecule has 108 valence electrons. The van der Waals surface area contributed by atoms with E-state index in [1.807, 2.05) is 23.7 Å². The van der Waals surface area contributed by atoms with Gasteiger partial charge in [-0.1, -0.05) is 19.4 Å². The molecule has 2 saturated heterocycles. The standard InChI is InChI=1S/C15H26N2OS/c1-12-7-6-9-14(16-2)15(18)17(12)11-13-8-4-3-5-10-19-13/h13-14,16H,1,3-11H2,2H3. The van der Waals surface area contributed by atoms with E-state index in [-0.39, 0.29) is 11.9 Å². The molecule has 4 heteroatoms. The second kappa shape index (κ2) is 7.34. The summed E-state index contributed by atoms with van der Waals surface area (Å²) in [5, 5.41) is 3.75. The Balaban J connectivity index is 2.01. The molecular formula is C15H26N2OS. The predicted molar refractivity (Wildman–Crippen MR) is 82.3 cm³/mol. The number of carbonyl (C=O) groups is 1. The number of rotatable bonds is 3. The van der Waals surface area contributed by atoms with Crippen molar-refractivity contribution >= 4 is 17.7 Å². The van der Waals surface area contributed by atoms with Crippen LogP contribution in [-0.2, 0) is 4.79 Å². The summed E-state index contributed by atoms with van der Waals surface area (Å²) >= 11 is 2.04. The summed E-state index contributed by atoms with van der Waals surface area (Å²) in [5.74, 6) is 1.48. The summed E-state index contributed by atoms with van der Waals surface area (Å²) in [6.07, 6.45) is 8.18. The van der Waals surface area contributed by atoms with Crippen LogP contribution in [-0.4, -0.2) is 41.4 Å². The number of amides is 1. The fourth-order valence-electron chi connectivity index (χ4n) is 2.93. The zero-order valence-electron chi connectivity index (χ0n) is 12.0. The first-order valence-corrected chi connectivity index (χ1v) is 8.55. The van der Waals surface area contributed by atoms with Gasteiger partial charge >= 0.3 is 0 Å². The third-order valence-electron chi connectivity index (χ3n) is 4.16. The van der Waals surface area contributed by atoms with Gasteiger partial charge in [-0.3, -0.25) is 4.79 Å². The third-order valence-corrected chi connectivity index (χ3v) is 5.54. The van der Waals surface area contributed by atoms with E-state index in [1.165, 1.54) is 31.4 Å². The van der Waals surface area contributed by atoms with Crippen LogP contribution in [0.1, 0.15) is 44.9 Å². The lowest BCUT2D eigenvalue weighted by Gasteiger charge is -2.29. The monoisotopic (exact) mass is 282 g/mol. The van der Waals surface area contributed by atoms with E-state index in [2.05, 4.69) is 11.9 Å². The number of allylic oxidation sites excluding steroid dienone is 1. The zero-order chi connectivity index (χ0) is 13.7. The maximum Gasteiger partial charge on any atom is 0.243 e. The molecular weight excluding hydrogens is 256 g/mol. The molecule has 0 aromatic carbocycles. The number of nitrogens with zero attached hydrogens (tertiary/aromatic N) is 1. The van der Waals surface area contributed by atoms with E-state index >= 15 is 0 Å². The molecule has 0 saturated carbocycles. The molecule has 0 aliphatic carbocycles. The van der Waals surface area contributed by atoms with Crippen LogP contribution in [0.4, 0.5) is 0 Å². The number of nitrogens with one attached hydrogen (secondary N) is 1. The lowest BCUT2D eigenvalue weighted by molar-refractivity contribution is -0.131. The minimum Gasteiger partial charge on any atom is -0.314 e. The zero-order valence-corrected chi connectivity index (χ0v) is 12.8. The van der Waals surface area contributed by atoms with E-state index in [1.54, 1.807) is 0 Å². The van der Waals surface area contributed by atoms with Gasteiger partial charge in [0.05, 0.1) is 6.04 Å². The first-order valence-electron chi connectivity index (χ1n) is 7.50. The van der Waals surface area contributed by atoms with Crippen molar-refractivity contribution in [1.82, 2.24) is 10.2 Å². The molecule has 1 amide bonds. The lowest BCUT2D eigenvalue weighted by atomic mass is 10.1. The molecule has 0 aromatic rings. The van der Waals surface area contributed by atoms with Gasteiger partial charge in [-0.15, -0.1) is 0 Å². The van der Waals surface area contributed by atoms with E-state index < -0.39 is 0 Å². The molecule has 2 unspecified atom stereocenters. The summed E-state index contributed by atoms with van der Waals surface area (Å²) in [6, 6.07) is -0.0185. The molecule has 2 aliphatic rings. The number of likely N-dealkylation sites (N-methyl/N-ethyl adjacent to an activating group) is 1. The van der Waals surface area contributed by atoms with Gasteiger partial charge in [0.15, 0.2) is 0 Å². The van der Waals surface area contributed by atoms with Crippen LogP contribution in [0.15, 0.2) is 12.3 Å². The van der Waals surface area contributed by atoms with Crippen LogP contribution >= 0.6 is 11.8 Å². The Labute approximate surface area is 121 Å². The van der Waals surface area contributed by atoms with Crippen molar-refractivity contribution < 1.29 is 4.79 Å². The molecule has 0 spiro atoms. The molecule has 2 atom stereocenters. The summed E-state index contributed by atoms with van der Waals surface area (Å²) in [4.78, 5) is 14.5. The Morgan fingerprint density at radius 3 is 2.95 bits per heavy atom. The summed E-state index contributed by atoms with van der Waals surface area (Å²) < 4.78 is 0. The highest BCUT2D eigenvalue weighted by Crippen LogP contribution is 2.28. The topological polar surface area (TPSA) is 32.3 Å². The van der Waals surface area contributed by atoms with Crippen molar-refractivity contribution in [2.75, 3.05) is 19.3 Å². The number of hydrogen-bond donors (Lipinski definition) is 1. The van der Waals surface area contributed by atoms with E-state index in [0.29, 0.717) is 5.25 Å². The first kappa shape index (κ1) is 14.9. The van der Waals surface area contributed by atoms with Crippen LogP contribution in [0.2, 0.25) is 0 Å². The molecule has 19 heavy (non-hydrogen) atoms. The maximum absolute atomic E-state index is 12.5. The van der Waals surface area contributed by atoms with Gasteiger partial charge in [-0.2, -0.15) is 11.8 Å².